The number of rotatable bonds is 2. The fourth-order valence-corrected chi connectivity index (χ4v) is 5.85. The molecule has 2 saturated heterocycles. The molecule has 160 valence electrons. The van der Waals surface area contributed by atoms with Crippen LogP contribution in [0.25, 0.3) is 0 Å². The van der Waals surface area contributed by atoms with E-state index in [9.17, 15) is 4.79 Å². The van der Waals surface area contributed by atoms with Crippen LogP contribution in [0.3, 0.4) is 0 Å². The fourth-order valence-electron chi connectivity index (χ4n) is 5.85. The zero-order chi connectivity index (χ0) is 20.7. The van der Waals surface area contributed by atoms with Gasteiger partial charge in [-0.25, -0.2) is 0 Å². The number of carbonyl (C=O) groups is 1. The second kappa shape index (κ2) is 7.75. The molecular weight excluding hydrogens is 348 g/mol. The van der Waals surface area contributed by atoms with Gasteiger partial charge in [0.05, 0.1) is 5.41 Å². The quantitative estimate of drug-likeness (QED) is 0.540. The van der Waals surface area contributed by atoms with Gasteiger partial charge in [0.1, 0.15) is 5.60 Å². The van der Waals surface area contributed by atoms with Gasteiger partial charge in [-0.1, -0.05) is 25.0 Å². The molecule has 4 nitrogen and oxygen atoms in total. The highest BCUT2D eigenvalue weighted by molar-refractivity contribution is 5.78. The fraction of sp³-hybridized carbons (Fsp3) is 0.875. The molecule has 0 radical (unpaired) electrons. The van der Waals surface area contributed by atoms with Crippen LogP contribution >= 0.6 is 0 Å². The first kappa shape index (κ1) is 21.8. The van der Waals surface area contributed by atoms with Crippen LogP contribution in [0.4, 0.5) is 0 Å². The smallest absolute Gasteiger partial charge is 0.312 e. The Morgan fingerprint density at radius 3 is 2.57 bits per heavy atom. The molecule has 0 saturated carbocycles. The Kier molecular flexibility index (Phi) is 6.05. The molecule has 4 heteroatoms. The zero-order valence-corrected chi connectivity index (χ0v) is 19.2. The molecule has 2 fully saturated rings. The second-order valence-corrected chi connectivity index (χ2v) is 11.1. The number of allylic oxidation sites excluding steroid dienone is 1. The highest BCUT2D eigenvalue weighted by Crippen LogP contribution is 2.58. The average Bonchev–Trinajstić information content (AvgIpc) is 2.70. The minimum atomic E-state index is -0.508. The maximum atomic E-state index is 13.7. The van der Waals surface area contributed by atoms with Gasteiger partial charge in [-0.15, -0.1) is 0 Å². The molecule has 4 aliphatic rings. The molecule has 3 aliphatic heterocycles. The molecular formula is C24H42N2O2. The molecule has 1 aliphatic carbocycles. The van der Waals surface area contributed by atoms with Crippen LogP contribution in [-0.2, 0) is 9.53 Å². The lowest BCUT2D eigenvalue weighted by atomic mass is 9.52. The van der Waals surface area contributed by atoms with Crippen molar-refractivity contribution in [3.05, 3.63) is 11.1 Å². The normalized spacial score (nSPS) is 39.9. The monoisotopic (exact) mass is 390 g/mol. The molecule has 3 heterocycles. The van der Waals surface area contributed by atoms with Crippen molar-refractivity contribution in [1.29, 1.82) is 0 Å². The predicted octanol–water partition coefficient (Wildman–Crippen LogP) is 4.45. The van der Waals surface area contributed by atoms with Crippen LogP contribution in [0.2, 0.25) is 0 Å². The van der Waals surface area contributed by atoms with Crippen molar-refractivity contribution in [2.75, 3.05) is 19.6 Å². The van der Waals surface area contributed by atoms with Crippen LogP contribution in [0.5, 0.6) is 0 Å². The van der Waals surface area contributed by atoms with Crippen molar-refractivity contribution in [2.45, 2.75) is 92.2 Å². The first-order valence-electron chi connectivity index (χ1n) is 11.3. The first-order chi connectivity index (χ1) is 13.0. The third kappa shape index (κ3) is 3.92. The summed E-state index contributed by atoms with van der Waals surface area (Å²) in [6, 6.07) is 0.343. The minimum Gasteiger partial charge on any atom is -0.460 e. The Morgan fingerprint density at radius 1 is 1.25 bits per heavy atom. The molecule has 0 aromatic heterocycles. The number of hydrogen-bond acceptors (Lipinski definition) is 4. The molecule has 0 aromatic rings. The van der Waals surface area contributed by atoms with Gasteiger partial charge in [-0.05, 0) is 97.1 Å². The van der Waals surface area contributed by atoms with E-state index >= 15 is 0 Å². The number of ether oxygens (including phenoxy) is 1. The second-order valence-electron chi connectivity index (χ2n) is 11.1. The number of esters is 1. The van der Waals surface area contributed by atoms with E-state index in [1.807, 2.05) is 20.8 Å². The summed E-state index contributed by atoms with van der Waals surface area (Å²) < 4.78 is 6.05. The lowest BCUT2D eigenvalue weighted by molar-refractivity contribution is -0.180. The summed E-state index contributed by atoms with van der Waals surface area (Å²) in [4.78, 5) is 13.7. The van der Waals surface area contributed by atoms with Gasteiger partial charge in [0.15, 0.2) is 0 Å². The summed E-state index contributed by atoms with van der Waals surface area (Å²) in [5, 5.41) is 7.47. The number of piperidine rings is 1. The average molecular weight is 391 g/mol. The molecule has 28 heavy (non-hydrogen) atoms. The maximum Gasteiger partial charge on any atom is 0.312 e. The van der Waals surface area contributed by atoms with Gasteiger partial charge in [-0.3, -0.25) is 4.79 Å². The van der Waals surface area contributed by atoms with E-state index in [4.69, 9.17) is 4.74 Å². The van der Waals surface area contributed by atoms with Gasteiger partial charge in [0.2, 0.25) is 0 Å². The van der Waals surface area contributed by atoms with E-state index in [0.717, 1.165) is 38.9 Å². The van der Waals surface area contributed by atoms with E-state index < -0.39 is 11.0 Å². The molecule has 0 amide bonds. The van der Waals surface area contributed by atoms with E-state index in [1.54, 1.807) is 5.57 Å². The summed E-state index contributed by atoms with van der Waals surface area (Å²) in [6.07, 6.45) is 5.47. The van der Waals surface area contributed by atoms with E-state index in [-0.39, 0.29) is 11.4 Å². The van der Waals surface area contributed by atoms with Crippen molar-refractivity contribution in [3.63, 3.8) is 0 Å². The van der Waals surface area contributed by atoms with Crippen LogP contribution in [0.1, 0.15) is 80.6 Å². The number of hydrogen-bond donors (Lipinski definition) is 2. The van der Waals surface area contributed by atoms with Gasteiger partial charge < -0.3 is 15.4 Å². The highest BCUT2D eigenvalue weighted by atomic mass is 16.6. The third-order valence-corrected chi connectivity index (χ3v) is 8.33. The van der Waals surface area contributed by atoms with Crippen LogP contribution in [0, 0.1) is 22.7 Å². The summed E-state index contributed by atoms with van der Waals surface area (Å²) in [6.45, 7) is 18.3. The number of nitrogens with one attached hydrogen (secondary N) is 2. The maximum absolute atomic E-state index is 13.7. The van der Waals surface area contributed by atoms with Crippen molar-refractivity contribution >= 4 is 5.97 Å². The van der Waals surface area contributed by atoms with E-state index in [1.165, 1.54) is 18.4 Å². The van der Waals surface area contributed by atoms with Gasteiger partial charge in [0, 0.05) is 12.6 Å². The van der Waals surface area contributed by atoms with E-state index in [2.05, 4.69) is 38.3 Å². The topological polar surface area (TPSA) is 50.4 Å². The predicted molar refractivity (Wildman–Crippen MR) is 115 cm³/mol. The Hall–Kier alpha value is -0.870. The zero-order valence-electron chi connectivity index (χ0n) is 19.2. The number of carbonyl (C=O) groups excluding carboxylic acids is 1. The Labute approximate surface area is 172 Å². The Morgan fingerprint density at radius 2 is 1.96 bits per heavy atom. The SMILES string of the molecule is CC1=C2CCC(C)(C1C)C(C)(C(=O)OC(C)(C)C)CC(C1CCCNC1)NC2. The third-order valence-electron chi connectivity index (χ3n) is 8.33. The lowest BCUT2D eigenvalue weighted by Gasteiger charge is -2.52. The lowest BCUT2D eigenvalue weighted by Crippen LogP contribution is -2.54. The first-order valence-corrected chi connectivity index (χ1v) is 11.3. The van der Waals surface area contributed by atoms with Crippen LogP contribution in [-0.4, -0.2) is 37.2 Å². The standard InChI is InChI=1S/C24H42N2O2/c1-16-17(2)23(6)11-10-18(16)15-26-20(19-9-8-12-25-14-19)13-24(23,7)21(27)28-22(3,4)5/h17,19-20,25-26H,8-15H2,1-7H3. The molecule has 0 spiro atoms. The number of fused-ring (bicyclic) bond motifs is 6. The molecule has 4 rings (SSSR count). The summed E-state index contributed by atoms with van der Waals surface area (Å²) in [7, 11) is 0. The van der Waals surface area contributed by atoms with Crippen molar-refractivity contribution in [3.8, 4) is 0 Å². The molecule has 2 N–H and O–H groups in total. The van der Waals surface area contributed by atoms with Gasteiger partial charge in [-0.2, -0.15) is 0 Å². The molecule has 5 atom stereocenters. The van der Waals surface area contributed by atoms with Gasteiger partial charge >= 0.3 is 5.97 Å². The highest BCUT2D eigenvalue weighted by Gasteiger charge is 2.57. The van der Waals surface area contributed by atoms with Crippen LogP contribution < -0.4 is 10.6 Å². The summed E-state index contributed by atoms with van der Waals surface area (Å²) >= 11 is 0. The minimum absolute atomic E-state index is 0.0110. The van der Waals surface area contributed by atoms with Crippen molar-refractivity contribution < 1.29 is 9.53 Å². The Bertz CT molecular complexity index is 629. The van der Waals surface area contributed by atoms with Crippen molar-refractivity contribution in [1.82, 2.24) is 10.6 Å². The van der Waals surface area contributed by atoms with Crippen molar-refractivity contribution in [2.24, 2.45) is 22.7 Å². The van der Waals surface area contributed by atoms with Gasteiger partial charge in [0.25, 0.3) is 0 Å². The van der Waals surface area contributed by atoms with Crippen LogP contribution in [0.15, 0.2) is 11.1 Å². The largest absolute Gasteiger partial charge is 0.460 e. The summed E-state index contributed by atoms with van der Waals surface area (Å²) in [5.41, 5.74) is 1.99. The van der Waals surface area contributed by atoms with E-state index in [0.29, 0.717) is 17.9 Å². The summed E-state index contributed by atoms with van der Waals surface area (Å²) in [5.74, 6) is 0.953. The molecule has 5 unspecified atom stereocenters. The Balaban J connectivity index is 2.03. The molecule has 0 aromatic carbocycles. The molecule has 2 bridgehead atoms.